The summed E-state index contributed by atoms with van der Waals surface area (Å²) in [5, 5.41) is 8.83. The maximum Gasteiger partial charge on any atom is 0.0771 e. The van der Waals surface area contributed by atoms with Crippen molar-refractivity contribution in [3.05, 3.63) is 11.6 Å². The first-order chi connectivity index (χ1) is 5.53. The standard InChI is InChI=1S/C10H15NS/c1-10(2,3)4-8-6-12-7-9(8)5-11/h4,9H,6-7H2,1-3H3/b8-4-. The Balaban J connectivity index is 2.75. The third-order valence-corrected chi connectivity index (χ3v) is 2.88. The van der Waals surface area contributed by atoms with Gasteiger partial charge in [-0.05, 0) is 11.0 Å². The summed E-state index contributed by atoms with van der Waals surface area (Å²) in [4.78, 5) is 0. The topological polar surface area (TPSA) is 23.8 Å². The zero-order chi connectivity index (χ0) is 9.19. The molecule has 0 spiro atoms. The Bertz CT molecular complexity index is 229. The van der Waals surface area contributed by atoms with Crippen LogP contribution in [0.1, 0.15) is 20.8 Å². The fraction of sp³-hybridized carbons (Fsp3) is 0.700. The molecule has 0 aromatic carbocycles. The van der Waals surface area contributed by atoms with Crippen molar-refractivity contribution in [2.24, 2.45) is 11.3 Å². The Labute approximate surface area is 78.8 Å². The molecule has 1 heterocycles. The molecule has 66 valence electrons. The summed E-state index contributed by atoms with van der Waals surface area (Å²) < 4.78 is 0. The monoisotopic (exact) mass is 181 g/mol. The first kappa shape index (κ1) is 9.67. The molecule has 0 saturated carbocycles. The molecule has 1 unspecified atom stereocenters. The molecular formula is C10H15NS. The molecule has 1 rings (SSSR count). The summed E-state index contributed by atoms with van der Waals surface area (Å²) in [5.41, 5.74) is 1.55. The molecule has 12 heavy (non-hydrogen) atoms. The first-order valence-corrected chi connectivity index (χ1v) is 5.37. The molecule has 0 amide bonds. The number of hydrogen-bond donors (Lipinski definition) is 0. The number of nitriles is 1. The molecule has 0 aromatic heterocycles. The quantitative estimate of drug-likeness (QED) is 0.536. The van der Waals surface area contributed by atoms with Gasteiger partial charge in [-0.15, -0.1) is 0 Å². The van der Waals surface area contributed by atoms with Gasteiger partial charge in [-0.2, -0.15) is 17.0 Å². The van der Waals surface area contributed by atoms with E-state index in [1.807, 2.05) is 11.8 Å². The number of rotatable bonds is 0. The van der Waals surface area contributed by atoms with Crippen LogP contribution in [0.15, 0.2) is 11.6 Å². The van der Waals surface area contributed by atoms with Gasteiger partial charge in [-0.25, -0.2) is 0 Å². The molecule has 0 bridgehead atoms. The largest absolute Gasteiger partial charge is 0.198 e. The average Bonchev–Trinajstić information content (AvgIpc) is 2.31. The summed E-state index contributed by atoms with van der Waals surface area (Å²) in [5.74, 6) is 2.21. The summed E-state index contributed by atoms with van der Waals surface area (Å²) in [6.45, 7) is 6.53. The first-order valence-electron chi connectivity index (χ1n) is 4.22. The van der Waals surface area contributed by atoms with Crippen molar-refractivity contribution in [2.75, 3.05) is 11.5 Å². The number of hydrogen-bond acceptors (Lipinski definition) is 2. The van der Waals surface area contributed by atoms with E-state index in [0.29, 0.717) is 0 Å². The van der Waals surface area contributed by atoms with Gasteiger partial charge in [-0.1, -0.05) is 26.8 Å². The minimum atomic E-state index is 0.175. The van der Waals surface area contributed by atoms with E-state index in [-0.39, 0.29) is 11.3 Å². The van der Waals surface area contributed by atoms with Crippen LogP contribution >= 0.6 is 11.8 Å². The van der Waals surface area contributed by atoms with E-state index < -0.39 is 0 Å². The van der Waals surface area contributed by atoms with Crippen molar-refractivity contribution in [3.63, 3.8) is 0 Å². The smallest absolute Gasteiger partial charge is 0.0771 e. The lowest BCUT2D eigenvalue weighted by molar-refractivity contribution is 0.536. The second-order valence-electron chi connectivity index (χ2n) is 4.28. The second-order valence-corrected chi connectivity index (χ2v) is 5.31. The van der Waals surface area contributed by atoms with Crippen LogP contribution in [0.4, 0.5) is 0 Å². The molecule has 0 N–H and O–H groups in total. The SMILES string of the molecule is CC(C)(C)/C=C1/CSCC1C#N. The Hall–Kier alpha value is -0.420. The van der Waals surface area contributed by atoms with Crippen LogP contribution in [-0.4, -0.2) is 11.5 Å². The molecule has 1 atom stereocenters. The minimum absolute atomic E-state index is 0.175. The highest BCUT2D eigenvalue weighted by molar-refractivity contribution is 7.99. The van der Waals surface area contributed by atoms with E-state index >= 15 is 0 Å². The molecule has 1 fully saturated rings. The lowest BCUT2D eigenvalue weighted by Crippen LogP contribution is -2.05. The van der Waals surface area contributed by atoms with Gasteiger partial charge in [0.25, 0.3) is 0 Å². The van der Waals surface area contributed by atoms with E-state index in [4.69, 9.17) is 5.26 Å². The Morgan fingerprint density at radius 3 is 2.75 bits per heavy atom. The van der Waals surface area contributed by atoms with Gasteiger partial charge in [0.1, 0.15) is 0 Å². The highest BCUT2D eigenvalue weighted by Crippen LogP contribution is 2.32. The van der Waals surface area contributed by atoms with Crippen molar-refractivity contribution in [2.45, 2.75) is 20.8 Å². The molecular weight excluding hydrogens is 166 g/mol. The lowest BCUT2D eigenvalue weighted by Gasteiger charge is -2.14. The molecule has 2 heteroatoms. The van der Waals surface area contributed by atoms with Crippen molar-refractivity contribution in [1.82, 2.24) is 0 Å². The zero-order valence-corrected chi connectivity index (χ0v) is 8.74. The van der Waals surface area contributed by atoms with Crippen LogP contribution in [-0.2, 0) is 0 Å². The van der Waals surface area contributed by atoms with Crippen LogP contribution in [0.25, 0.3) is 0 Å². The normalized spacial score (nSPS) is 27.5. The van der Waals surface area contributed by atoms with Crippen LogP contribution in [0.3, 0.4) is 0 Å². The van der Waals surface area contributed by atoms with Crippen molar-refractivity contribution < 1.29 is 0 Å². The van der Waals surface area contributed by atoms with Gasteiger partial charge < -0.3 is 0 Å². The summed E-state index contributed by atoms with van der Waals surface area (Å²) in [6, 6.07) is 2.35. The maximum absolute atomic E-state index is 8.83. The third-order valence-electron chi connectivity index (χ3n) is 1.78. The molecule has 1 nitrogen and oxygen atoms in total. The fourth-order valence-corrected chi connectivity index (χ4v) is 2.48. The van der Waals surface area contributed by atoms with Crippen LogP contribution in [0.5, 0.6) is 0 Å². The zero-order valence-electron chi connectivity index (χ0n) is 7.92. The Morgan fingerprint density at radius 1 is 1.58 bits per heavy atom. The average molecular weight is 181 g/mol. The summed E-state index contributed by atoms with van der Waals surface area (Å²) >= 11 is 1.86. The number of nitrogens with zero attached hydrogens (tertiary/aromatic N) is 1. The Kier molecular flexibility index (Phi) is 2.85. The highest BCUT2D eigenvalue weighted by atomic mass is 32.2. The van der Waals surface area contributed by atoms with E-state index in [2.05, 4.69) is 32.9 Å². The highest BCUT2D eigenvalue weighted by Gasteiger charge is 2.22. The number of thioether (sulfide) groups is 1. The maximum atomic E-state index is 8.83. The van der Waals surface area contributed by atoms with E-state index in [1.165, 1.54) is 5.57 Å². The fourth-order valence-electron chi connectivity index (χ4n) is 1.32. The molecule has 0 aliphatic carbocycles. The molecule has 1 aliphatic rings. The molecule has 1 saturated heterocycles. The van der Waals surface area contributed by atoms with Crippen molar-refractivity contribution in [3.8, 4) is 6.07 Å². The molecule has 0 aromatic rings. The minimum Gasteiger partial charge on any atom is -0.198 e. The summed E-state index contributed by atoms with van der Waals surface area (Å²) in [6.07, 6.45) is 2.25. The van der Waals surface area contributed by atoms with Gasteiger partial charge in [0.2, 0.25) is 0 Å². The van der Waals surface area contributed by atoms with Gasteiger partial charge >= 0.3 is 0 Å². The van der Waals surface area contributed by atoms with Crippen LogP contribution < -0.4 is 0 Å². The number of allylic oxidation sites excluding steroid dienone is 1. The van der Waals surface area contributed by atoms with Crippen molar-refractivity contribution >= 4 is 11.8 Å². The van der Waals surface area contributed by atoms with E-state index in [1.54, 1.807) is 0 Å². The lowest BCUT2D eigenvalue weighted by atomic mass is 9.90. The van der Waals surface area contributed by atoms with Gasteiger partial charge in [0.05, 0.1) is 12.0 Å². The van der Waals surface area contributed by atoms with Gasteiger partial charge in [0, 0.05) is 11.5 Å². The van der Waals surface area contributed by atoms with Crippen LogP contribution in [0, 0.1) is 22.7 Å². The van der Waals surface area contributed by atoms with Gasteiger partial charge in [-0.3, -0.25) is 0 Å². The second kappa shape index (κ2) is 3.53. The predicted octanol–water partition coefficient (Wildman–Crippen LogP) is 2.85. The third kappa shape index (κ3) is 2.57. The Morgan fingerprint density at radius 2 is 2.25 bits per heavy atom. The molecule has 1 aliphatic heterocycles. The molecule has 0 radical (unpaired) electrons. The van der Waals surface area contributed by atoms with E-state index in [0.717, 1.165) is 11.5 Å². The summed E-state index contributed by atoms with van der Waals surface area (Å²) in [7, 11) is 0. The van der Waals surface area contributed by atoms with Gasteiger partial charge in [0.15, 0.2) is 0 Å². The van der Waals surface area contributed by atoms with E-state index in [9.17, 15) is 0 Å². The van der Waals surface area contributed by atoms with Crippen molar-refractivity contribution in [1.29, 1.82) is 5.26 Å². The van der Waals surface area contributed by atoms with Crippen LogP contribution in [0.2, 0.25) is 0 Å². The predicted molar refractivity (Wildman–Crippen MR) is 54.0 cm³/mol.